The Hall–Kier alpha value is -2.01. The number of benzene rings is 1. The lowest BCUT2D eigenvalue weighted by atomic mass is 10.2. The number of carbonyl (C=O) groups is 1. The van der Waals surface area contributed by atoms with Gasteiger partial charge in [0.05, 0.1) is 5.03 Å². The Bertz CT molecular complexity index is 578. The van der Waals surface area contributed by atoms with Crippen LogP contribution in [0.5, 0.6) is 0 Å². The molecular formula is C14H12N2O2S. The number of hydrogen-bond acceptors (Lipinski definition) is 5. The number of hydrogen-bond donors (Lipinski definition) is 0. The molecular weight excluding hydrogens is 260 g/mol. The number of ether oxygens (including phenoxy) is 1. The molecule has 0 atom stereocenters. The zero-order valence-corrected chi connectivity index (χ0v) is 11.0. The first-order valence-electron chi connectivity index (χ1n) is 5.90. The number of thioether (sulfide) groups is 1. The first-order chi connectivity index (χ1) is 9.34. The lowest BCUT2D eigenvalue weighted by molar-refractivity contribution is -0.141. The van der Waals surface area contributed by atoms with Gasteiger partial charge in [-0.15, -0.1) is 0 Å². The summed E-state index contributed by atoms with van der Waals surface area (Å²) in [6.07, 6.45) is 3.65. The molecule has 96 valence electrons. The molecule has 0 saturated carbocycles. The fourth-order valence-electron chi connectivity index (χ4n) is 1.84. The van der Waals surface area contributed by atoms with Crippen molar-refractivity contribution in [3.05, 3.63) is 58.1 Å². The third-order valence-electron chi connectivity index (χ3n) is 2.82. The van der Waals surface area contributed by atoms with E-state index < -0.39 is 0 Å². The van der Waals surface area contributed by atoms with Gasteiger partial charge in [-0.1, -0.05) is 42.1 Å². The molecule has 0 fully saturated rings. The molecule has 0 bridgehead atoms. The van der Waals surface area contributed by atoms with Crippen molar-refractivity contribution in [3.8, 4) is 0 Å². The van der Waals surface area contributed by atoms with Crippen molar-refractivity contribution < 1.29 is 9.53 Å². The van der Waals surface area contributed by atoms with Crippen molar-refractivity contribution in [2.45, 2.75) is 6.61 Å². The zero-order chi connectivity index (χ0) is 13.1. The average molecular weight is 272 g/mol. The molecule has 3 rings (SSSR count). The van der Waals surface area contributed by atoms with Crippen LogP contribution in [0.2, 0.25) is 0 Å². The predicted octanol–water partition coefficient (Wildman–Crippen LogP) is 2.50. The highest BCUT2D eigenvalue weighted by Crippen LogP contribution is 2.35. The summed E-state index contributed by atoms with van der Waals surface area (Å²) in [6, 6.07) is 9.65. The van der Waals surface area contributed by atoms with Gasteiger partial charge in [0.15, 0.2) is 0 Å². The molecule has 0 unspecified atom stereocenters. The summed E-state index contributed by atoms with van der Waals surface area (Å²) in [5, 5.41) is 2.83. The van der Waals surface area contributed by atoms with Gasteiger partial charge in [0.25, 0.3) is 0 Å². The van der Waals surface area contributed by atoms with E-state index in [9.17, 15) is 4.79 Å². The van der Waals surface area contributed by atoms with E-state index in [0.29, 0.717) is 12.4 Å². The minimum Gasteiger partial charge on any atom is -0.456 e. The predicted molar refractivity (Wildman–Crippen MR) is 75.2 cm³/mol. The number of fused-ring (bicyclic) bond motifs is 1. The summed E-state index contributed by atoms with van der Waals surface area (Å²) in [5.74, 6) is -0.308. The molecule has 2 aliphatic heterocycles. The summed E-state index contributed by atoms with van der Waals surface area (Å²) >= 11 is 1.52. The maximum atomic E-state index is 12.0. The topological polar surface area (TPSA) is 41.9 Å². The van der Waals surface area contributed by atoms with Gasteiger partial charge in [-0.3, -0.25) is 4.99 Å². The van der Waals surface area contributed by atoms with Gasteiger partial charge in [-0.25, -0.2) is 4.79 Å². The van der Waals surface area contributed by atoms with Crippen molar-refractivity contribution >= 4 is 23.9 Å². The van der Waals surface area contributed by atoms with Crippen LogP contribution in [-0.2, 0) is 16.1 Å². The summed E-state index contributed by atoms with van der Waals surface area (Å²) in [6.45, 7) is 0.767. The molecule has 0 N–H and O–H groups in total. The van der Waals surface area contributed by atoms with E-state index in [2.05, 4.69) is 4.99 Å². The Balaban J connectivity index is 1.63. The van der Waals surface area contributed by atoms with Gasteiger partial charge in [0.1, 0.15) is 19.0 Å². The van der Waals surface area contributed by atoms with Crippen LogP contribution in [-0.4, -0.2) is 23.8 Å². The van der Waals surface area contributed by atoms with E-state index in [1.165, 1.54) is 11.8 Å². The smallest absolute Gasteiger partial charge is 0.355 e. The number of allylic oxidation sites excluding steroid dienone is 1. The summed E-state index contributed by atoms with van der Waals surface area (Å²) in [4.78, 5) is 18.0. The van der Waals surface area contributed by atoms with E-state index in [1.54, 1.807) is 6.21 Å². The molecule has 2 aliphatic rings. The average Bonchev–Trinajstić information content (AvgIpc) is 2.90. The normalized spacial score (nSPS) is 16.7. The van der Waals surface area contributed by atoms with E-state index in [-0.39, 0.29) is 12.6 Å². The third kappa shape index (κ3) is 2.56. The van der Waals surface area contributed by atoms with Crippen LogP contribution < -0.4 is 0 Å². The van der Waals surface area contributed by atoms with E-state index in [1.807, 2.05) is 46.7 Å². The van der Waals surface area contributed by atoms with Crippen LogP contribution in [0.4, 0.5) is 0 Å². The molecule has 0 saturated heterocycles. The Morgan fingerprint density at radius 1 is 1.37 bits per heavy atom. The number of esters is 1. The molecule has 1 aromatic rings. The molecule has 0 aliphatic carbocycles. The van der Waals surface area contributed by atoms with E-state index in [0.717, 1.165) is 10.6 Å². The second-order valence-electron chi connectivity index (χ2n) is 4.09. The lowest BCUT2D eigenvalue weighted by Gasteiger charge is -2.21. The van der Waals surface area contributed by atoms with Gasteiger partial charge in [0, 0.05) is 11.6 Å². The van der Waals surface area contributed by atoms with Gasteiger partial charge in [-0.2, -0.15) is 0 Å². The third-order valence-corrected chi connectivity index (χ3v) is 3.75. The standard InChI is InChI=1S/C14H12N2O2S/c17-14(18-8-11-4-2-1-3-5-11)12-9-19-13-6-7-15-10-16(12)13/h1-7,9H,8,10H2. The molecule has 0 amide bonds. The maximum Gasteiger partial charge on any atom is 0.355 e. The van der Waals surface area contributed by atoms with Gasteiger partial charge in [-0.05, 0) is 11.6 Å². The lowest BCUT2D eigenvalue weighted by Crippen LogP contribution is -2.26. The number of nitrogens with zero attached hydrogens (tertiary/aromatic N) is 2. The van der Waals surface area contributed by atoms with Crippen molar-refractivity contribution in [2.24, 2.45) is 4.99 Å². The fraction of sp³-hybridized carbons (Fsp3) is 0.143. The summed E-state index contributed by atoms with van der Waals surface area (Å²) in [7, 11) is 0. The first-order valence-corrected chi connectivity index (χ1v) is 6.78. The van der Waals surface area contributed by atoms with Crippen LogP contribution in [0, 0.1) is 0 Å². The van der Waals surface area contributed by atoms with Crippen molar-refractivity contribution in [2.75, 3.05) is 6.67 Å². The number of aliphatic imine (C=N–C) groups is 1. The molecule has 2 heterocycles. The first kappa shape index (κ1) is 12.0. The summed E-state index contributed by atoms with van der Waals surface area (Å²) < 4.78 is 5.32. The SMILES string of the molecule is O=C(OCc1ccccc1)C1=CSC2=CC=NCN21. The largest absolute Gasteiger partial charge is 0.456 e. The van der Waals surface area contributed by atoms with Crippen LogP contribution in [0.1, 0.15) is 5.56 Å². The van der Waals surface area contributed by atoms with Gasteiger partial charge < -0.3 is 9.64 Å². The van der Waals surface area contributed by atoms with E-state index in [4.69, 9.17) is 4.74 Å². The Morgan fingerprint density at radius 2 is 2.21 bits per heavy atom. The Kier molecular flexibility index (Phi) is 3.37. The van der Waals surface area contributed by atoms with Crippen LogP contribution in [0.3, 0.4) is 0 Å². The molecule has 4 nitrogen and oxygen atoms in total. The maximum absolute atomic E-state index is 12.0. The highest BCUT2D eigenvalue weighted by atomic mass is 32.2. The monoisotopic (exact) mass is 272 g/mol. The van der Waals surface area contributed by atoms with Crippen molar-refractivity contribution in [1.82, 2.24) is 4.90 Å². The number of carbonyl (C=O) groups excluding carboxylic acids is 1. The molecule has 19 heavy (non-hydrogen) atoms. The van der Waals surface area contributed by atoms with Crippen LogP contribution in [0.25, 0.3) is 0 Å². The highest BCUT2D eigenvalue weighted by Gasteiger charge is 2.28. The Morgan fingerprint density at radius 3 is 3.05 bits per heavy atom. The molecule has 0 aromatic heterocycles. The Labute approximate surface area is 115 Å². The second kappa shape index (κ2) is 5.32. The number of rotatable bonds is 3. The minimum atomic E-state index is -0.308. The van der Waals surface area contributed by atoms with Crippen molar-refractivity contribution in [1.29, 1.82) is 0 Å². The molecule has 0 radical (unpaired) electrons. The highest BCUT2D eigenvalue weighted by molar-refractivity contribution is 8.06. The quantitative estimate of drug-likeness (QED) is 0.793. The van der Waals surface area contributed by atoms with Crippen LogP contribution in [0.15, 0.2) is 57.5 Å². The fourth-order valence-corrected chi connectivity index (χ4v) is 2.72. The zero-order valence-electron chi connectivity index (χ0n) is 10.2. The van der Waals surface area contributed by atoms with Crippen molar-refractivity contribution in [3.63, 3.8) is 0 Å². The van der Waals surface area contributed by atoms with Gasteiger partial charge in [0.2, 0.25) is 0 Å². The van der Waals surface area contributed by atoms with Gasteiger partial charge >= 0.3 is 5.97 Å². The summed E-state index contributed by atoms with van der Waals surface area (Å²) in [5.41, 5.74) is 1.54. The van der Waals surface area contributed by atoms with E-state index >= 15 is 0 Å². The second-order valence-corrected chi connectivity index (χ2v) is 4.98. The molecule has 0 spiro atoms. The molecule has 5 heteroatoms. The molecule has 1 aromatic carbocycles. The van der Waals surface area contributed by atoms with Crippen LogP contribution >= 0.6 is 11.8 Å². The minimum absolute atomic E-state index is 0.290.